The fraction of sp³-hybridized carbons (Fsp3) is 0.278. The van der Waals surface area contributed by atoms with Crippen LogP contribution in [0.15, 0.2) is 85.6 Å². The molecule has 2 fully saturated rings. The maximum Gasteiger partial charge on any atom is 0.259 e. The highest BCUT2D eigenvalue weighted by atomic mass is 16.2. The summed E-state index contributed by atoms with van der Waals surface area (Å²) in [6.07, 6.45) is 10.4. The van der Waals surface area contributed by atoms with Crippen LogP contribution in [-0.2, 0) is 22.6 Å². The van der Waals surface area contributed by atoms with E-state index in [0.717, 1.165) is 66.7 Å². The number of benzene rings is 3. The van der Waals surface area contributed by atoms with Gasteiger partial charge in [-0.25, -0.2) is 9.97 Å². The normalized spacial score (nSPS) is 18.6. The fourth-order valence-electron chi connectivity index (χ4n) is 7.07. The average Bonchev–Trinajstić information content (AvgIpc) is 3.73. The molecule has 1 unspecified atom stereocenters. The lowest BCUT2D eigenvalue weighted by molar-refractivity contribution is -0.134. The third-order valence-electron chi connectivity index (χ3n) is 9.48. The number of hydrogen-bond donors (Lipinski definition) is 2. The fourth-order valence-corrected chi connectivity index (χ4v) is 7.07. The van der Waals surface area contributed by atoms with Crippen LogP contribution in [0.1, 0.15) is 52.7 Å². The van der Waals surface area contributed by atoms with Crippen molar-refractivity contribution in [2.24, 2.45) is 0 Å². The number of rotatable bonds is 8. The summed E-state index contributed by atoms with van der Waals surface area (Å²) in [6, 6.07) is 20.2. The highest BCUT2D eigenvalue weighted by Gasteiger charge is 2.40. The Balaban J connectivity index is 0.901. The highest BCUT2D eigenvalue weighted by Crippen LogP contribution is 2.41. The van der Waals surface area contributed by atoms with E-state index in [-0.39, 0.29) is 18.2 Å². The van der Waals surface area contributed by atoms with Crippen LogP contribution in [0.4, 0.5) is 11.5 Å². The Morgan fingerprint density at radius 1 is 0.894 bits per heavy atom. The highest BCUT2D eigenvalue weighted by molar-refractivity contribution is 6.27. The van der Waals surface area contributed by atoms with Crippen molar-refractivity contribution in [1.82, 2.24) is 29.7 Å². The van der Waals surface area contributed by atoms with Crippen molar-refractivity contribution < 1.29 is 14.4 Å². The molecule has 3 amide bonds. The zero-order valence-corrected chi connectivity index (χ0v) is 25.8. The zero-order chi connectivity index (χ0) is 31.9. The van der Waals surface area contributed by atoms with Gasteiger partial charge in [-0.1, -0.05) is 42.5 Å². The van der Waals surface area contributed by atoms with E-state index in [9.17, 15) is 14.4 Å². The maximum absolute atomic E-state index is 13.5. The van der Waals surface area contributed by atoms with Gasteiger partial charge in [-0.2, -0.15) is 4.98 Å². The van der Waals surface area contributed by atoms with Gasteiger partial charge in [-0.3, -0.25) is 34.1 Å². The molecule has 0 bridgehead atoms. The Hall–Kier alpha value is -5.42. The molecule has 0 aliphatic carbocycles. The van der Waals surface area contributed by atoms with Crippen LogP contribution in [0, 0.1) is 0 Å². The number of carbonyl (C=O) groups excluding carboxylic acids is 3. The van der Waals surface area contributed by atoms with Gasteiger partial charge in [0.1, 0.15) is 18.2 Å². The molecule has 11 nitrogen and oxygen atoms in total. The van der Waals surface area contributed by atoms with Gasteiger partial charge in [-0.05, 0) is 66.0 Å². The molecule has 5 aromatic rings. The van der Waals surface area contributed by atoms with Gasteiger partial charge in [-0.15, -0.1) is 0 Å². The van der Waals surface area contributed by atoms with Gasteiger partial charge in [0, 0.05) is 61.6 Å². The summed E-state index contributed by atoms with van der Waals surface area (Å²) in [7, 11) is 0. The van der Waals surface area contributed by atoms with E-state index >= 15 is 0 Å². The summed E-state index contributed by atoms with van der Waals surface area (Å²) in [5, 5.41) is 7.88. The third-order valence-corrected chi connectivity index (χ3v) is 9.48. The molecule has 3 aromatic carbocycles. The van der Waals surface area contributed by atoms with E-state index in [4.69, 9.17) is 0 Å². The topological polar surface area (TPSA) is 125 Å². The molecule has 3 aliphatic heterocycles. The first-order valence-electron chi connectivity index (χ1n) is 16.1. The summed E-state index contributed by atoms with van der Waals surface area (Å²) < 4.78 is 1.80. The van der Waals surface area contributed by atoms with Crippen molar-refractivity contribution in [3.63, 3.8) is 0 Å². The predicted octanol–water partition coefficient (Wildman–Crippen LogP) is 4.25. The van der Waals surface area contributed by atoms with E-state index in [0.29, 0.717) is 24.0 Å². The molecule has 2 aromatic heterocycles. The molecule has 0 saturated carbocycles. The number of imidazole rings is 1. The van der Waals surface area contributed by atoms with Gasteiger partial charge in [0.25, 0.3) is 5.91 Å². The largest absolute Gasteiger partial charge is 0.367 e. The molecule has 236 valence electrons. The van der Waals surface area contributed by atoms with Crippen LogP contribution < -0.4 is 15.5 Å². The summed E-state index contributed by atoms with van der Waals surface area (Å²) in [5.41, 5.74) is 4.96. The standard InChI is InChI=1S/C36H34N8O3/c45-32-11-10-30(34(46)41-32)44-29-9-8-25(27-2-1-3-28(33(27)29)35(44)47)20-23-4-6-24(7-5-23)21-42-17-13-26(14-18-42)39-31-12-15-38-36(40-31)43-19-16-37-22-43/h1-9,12,15-16,19,22,26,30H,10-11,13-14,17-18,20-21H2,(H,38,39,40)(H,41,45,46). The van der Waals surface area contributed by atoms with Crippen molar-refractivity contribution >= 4 is 40.0 Å². The van der Waals surface area contributed by atoms with Crippen molar-refractivity contribution in [3.05, 3.63) is 108 Å². The van der Waals surface area contributed by atoms with Gasteiger partial charge in [0.2, 0.25) is 17.8 Å². The minimum atomic E-state index is -0.684. The second-order valence-corrected chi connectivity index (χ2v) is 12.5. The second-order valence-electron chi connectivity index (χ2n) is 12.5. The van der Waals surface area contributed by atoms with Crippen LogP contribution in [0.3, 0.4) is 0 Å². The van der Waals surface area contributed by atoms with Crippen molar-refractivity contribution in [1.29, 1.82) is 0 Å². The number of nitrogens with one attached hydrogen (secondary N) is 2. The van der Waals surface area contributed by atoms with Gasteiger partial charge in [0.15, 0.2) is 0 Å². The molecule has 0 spiro atoms. The lowest BCUT2D eigenvalue weighted by Gasteiger charge is -2.32. The summed E-state index contributed by atoms with van der Waals surface area (Å²) >= 11 is 0. The Bertz CT molecular complexity index is 1980. The summed E-state index contributed by atoms with van der Waals surface area (Å²) in [4.78, 5) is 55.0. The Morgan fingerprint density at radius 2 is 1.72 bits per heavy atom. The molecule has 0 radical (unpaired) electrons. The van der Waals surface area contributed by atoms with Crippen LogP contribution in [0.5, 0.6) is 0 Å². The van der Waals surface area contributed by atoms with E-state index in [2.05, 4.69) is 66.9 Å². The number of carbonyl (C=O) groups is 3. The van der Waals surface area contributed by atoms with E-state index in [1.54, 1.807) is 28.2 Å². The van der Waals surface area contributed by atoms with Gasteiger partial charge < -0.3 is 5.32 Å². The van der Waals surface area contributed by atoms with Crippen LogP contribution in [-0.4, -0.2) is 67.3 Å². The van der Waals surface area contributed by atoms with Gasteiger partial charge in [0.05, 0.1) is 5.69 Å². The molecule has 5 heterocycles. The quantitative estimate of drug-likeness (QED) is 0.245. The number of hydrogen-bond acceptors (Lipinski definition) is 8. The first-order valence-corrected chi connectivity index (χ1v) is 16.1. The lowest BCUT2D eigenvalue weighted by atomic mass is 9.95. The first-order chi connectivity index (χ1) is 23.0. The van der Waals surface area contributed by atoms with E-state index in [1.807, 2.05) is 30.5 Å². The maximum atomic E-state index is 13.5. The molecule has 11 heteroatoms. The van der Waals surface area contributed by atoms with Crippen LogP contribution in [0.25, 0.3) is 16.7 Å². The lowest BCUT2D eigenvalue weighted by Crippen LogP contribution is -2.53. The SMILES string of the molecule is O=C1CCC(N2C(=O)c3cccc4c(Cc5ccc(CN6CCC(Nc7ccnc(-n8ccnc8)n7)CC6)cc5)ccc2c34)C(=O)N1. The molecular weight excluding hydrogens is 592 g/mol. The minimum Gasteiger partial charge on any atom is -0.367 e. The number of piperidine rings is 2. The smallest absolute Gasteiger partial charge is 0.259 e. The van der Waals surface area contributed by atoms with Crippen LogP contribution >= 0.6 is 0 Å². The molecular formula is C36H34N8O3. The molecule has 2 N–H and O–H groups in total. The molecule has 47 heavy (non-hydrogen) atoms. The Labute approximate surface area is 271 Å². The van der Waals surface area contributed by atoms with Crippen molar-refractivity contribution in [2.75, 3.05) is 23.3 Å². The number of likely N-dealkylation sites (tertiary alicyclic amines) is 1. The van der Waals surface area contributed by atoms with Crippen molar-refractivity contribution in [3.8, 4) is 5.95 Å². The number of amides is 3. The first kappa shape index (κ1) is 29.0. The third kappa shape index (κ3) is 5.63. The van der Waals surface area contributed by atoms with Crippen LogP contribution in [0.2, 0.25) is 0 Å². The van der Waals surface area contributed by atoms with E-state index in [1.165, 1.54) is 11.1 Å². The number of imide groups is 1. The second kappa shape index (κ2) is 12.1. The summed E-state index contributed by atoms with van der Waals surface area (Å²) in [6.45, 7) is 2.92. The minimum absolute atomic E-state index is 0.185. The number of nitrogens with zero attached hydrogens (tertiary/aromatic N) is 6. The predicted molar refractivity (Wildman–Crippen MR) is 177 cm³/mol. The Kier molecular flexibility index (Phi) is 7.45. The molecule has 1 atom stereocenters. The number of anilines is 2. The van der Waals surface area contributed by atoms with Crippen molar-refractivity contribution in [2.45, 2.75) is 50.7 Å². The zero-order valence-electron chi connectivity index (χ0n) is 25.8. The molecule has 8 rings (SSSR count). The molecule has 3 aliphatic rings. The molecule has 2 saturated heterocycles. The monoisotopic (exact) mass is 626 g/mol. The van der Waals surface area contributed by atoms with E-state index < -0.39 is 11.9 Å². The average molecular weight is 627 g/mol. The Morgan fingerprint density at radius 3 is 2.51 bits per heavy atom. The van der Waals surface area contributed by atoms with Gasteiger partial charge >= 0.3 is 0 Å². The number of aromatic nitrogens is 4. The summed E-state index contributed by atoms with van der Waals surface area (Å²) in [5.74, 6) is 0.545.